The normalized spacial score (nSPS) is 12.2. The summed E-state index contributed by atoms with van der Waals surface area (Å²) in [6, 6.07) is 20.5. The van der Waals surface area contributed by atoms with E-state index in [2.05, 4.69) is 105 Å². The number of benzene rings is 4. The number of nitrogens with one attached hydrogen (secondary N) is 2. The molecule has 4 N–H and O–H groups in total. The SMILES string of the molecule is CCCOc1c2cccc1Cc1cc(NC(=O)Cn3cnc4c(N)ncnc43)cc(c1OCCC)Cc1cccc(c1OCCC)Cc1cc(NC(=O)Cn3cnc4cncnc43)cc(c1OCCC)C2. The van der Waals surface area contributed by atoms with E-state index in [9.17, 15) is 9.59 Å². The van der Waals surface area contributed by atoms with E-state index in [0.717, 1.165) is 93.2 Å². The average Bonchev–Trinajstić information content (AvgIpc) is 3.97. The number of hydrogen-bond acceptors (Lipinski definition) is 13. The molecule has 4 aromatic carbocycles. The molecular formula is C54H59N11O6. The number of nitrogens with two attached hydrogens (primary N) is 1. The Bertz CT molecular complexity index is 3100. The van der Waals surface area contributed by atoms with Crippen LogP contribution in [0.3, 0.4) is 0 Å². The van der Waals surface area contributed by atoms with Crippen LogP contribution in [0.1, 0.15) is 97.9 Å². The molecule has 0 unspecified atom stereocenters. The number of carbonyl (C=O) groups excluding carboxylic acids is 2. The molecule has 0 aliphatic heterocycles. The van der Waals surface area contributed by atoms with E-state index in [1.54, 1.807) is 28.0 Å². The highest BCUT2D eigenvalue weighted by atomic mass is 16.5. The highest BCUT2D eigenvalue weighted by Crippen LogP contribution is 2.41. The summed E-state index contributed by atoms with van der Waals surface area (Å²) >= 11 is 0. The zero-order valence-corrected chi connectivity index (χ0v) is 40.7. The highest BCUT2D eigenvalue weighted by Gasteiger charge is 2.24. The number of imidazole rings is 2. The molecule has 0 spiro atoms. The second-order valence-corrected chi connectivity index (χ2v) is 17.7. The van der Waals surface area contributed by atoms with Crippen molar-refractivity contribution in [2.24, 2.45) is 0 Å². The van der Waals surface area contributed by atoms with E-state index in [0.29, 0.717) is 85.8 Å². The number of para-hydroxylation sites is 2. The Labute approximate surface area is 412 Å². The fourth-order valence-electron chi connectivity index (χ4n) is 9.05. The summed E-state index contributed by atoms with van der Waals surface area (Å²) < 4.78 is 30.3. The Morgan fingerprint density at radius 2 is 0.944 bits per heavy atom. The molecule has 1 aliphatic carbocycles. The average molecular weight is 958 g/mol. The van der Waals surface area contributed by atoms with Crippen molar-refractivity contribution in [3.63, 3.8) is 0 Å². The van der Waals surface area contributed by atoms with Gasteiger partial charge in [0, 0.05) is 59.3 Å². The molecule has 17 heteroatoms. The minimum atomic E-state index is -0.270. The third-order valence-corrected chi connectivity index (χ3v) is 12.1. The van der Waals surface area contributed by atoms with E-state index < -0.39 is 0 Å². The largest absolute Gasteiger partial charge is 0.493 e. The molecule has 0 fully saturated rings. The van der Waals surface area contributed by atoms with Crippen molar-refractivity contribution in [1.82, 2.24) is 39.0 Å². The molecule has 0 atom stereocenters. The van der Waals surface area contributed by atoms with Gasteiger partial charge in [0.25, 0.3) is 0 Å². The topological polar surface area (TPSA) is 208 Å². The number of nitrogens with zero attached hydrogens (tertiary/aromatic N) is 8. The van der Waals surface area contributed by atoms with E-state index in [1.165, 1.54) is 12.7 Å². The van der Waals surface area contributed by atoms with Gasteiger partial charge in [-0.15, -0.1) is 0 Å². The summed E-state index contributed by atoms with van der Waals surface area (Å²) in [5.74, 6) is 2.77. The van der Waals surface area contributed by atoms with Gasteiger partial charge in [-0.1, -0.05) is 64.1 Å². The Kier molecular flexibility index (Phi) is 14.9. The van der Waals surface area contributed by atoms with Gasteiger partial charge >= 0.3 is 0 Å². The maximum atomic E-state index is 14.0. The number of amides is 2. The Morgan fingerprint density at radius 1 is 0.535 bits per heavy atom. The first-order valence-corrected chi connectivity index (χ1v) is 24.4. The number of nitrogen functional groups attached to an aromatic ring is 1. The first kappa shape index (κ1) is 48.0. The van der Waals surface area contributed by atoms with Crippen LogP contribution in [0.15, 0.2) is 92.2 Å². The quantitative estimate of drug-likeness (QED) is 0.0737. The van der Waals surface area contributed by atoms with Crippen molar-refractivity contribution in [3.05, 3.63) is 137 Å². The van der Waals surface area contributed by atoms with Crippen molar-refractivity contribution >= 4 is 51.3 Å². The summed E-state index contributed by atoms with van der Waals surface area (Å²) in [6.07, 6.45) is 12.5. The maximum absolute atomic E-state index is 14.0. The lowest BCUT2D eigenvalue weighted by molar-refractivity contribution is -0.117. The van der Waals surface area contributed by atoms with Crippen molar-refractivity contribution in [3.8, 4) is 23.0 Å². The van der Waals surface area contributed by atoms with Gasteiger partial charge in [-0.2, -0.15) is 0 Å². The van der Waals surface area contributed by atoms with Gasteiger partial charge in [0.1, 0.15) is 59.8 Å². The van der Waals surface area contributed by atoms with E-state index in [1.807, 2.05) is 24.3 Å². The fourth-order valence-corrected chi connectivity index (χ4v) is 9.05. The smallest absolute Gasteiger partial charge is 0.244 e. The van der Waals surface area contributed by atoms with E-state index in [4.69, 9.17) is 24.7 Å². The molecular weight excluding hydrogens is 899 g/mol. The summed E-state index contributed by atoms with van der Waals surface area (Å²) in [6.45, 7) is 10.3. The van der Waals surface area contributed by atoms with Crippen LogP contribution >= 0.6 is 0 Å². The van der Waals surface area contributed by atoms with Crippen LogP contribution in [0.4, 0.5) is 17.2 Å². The third-order valence-electron chi connectivity index (χ3n) is 12.1. The zero-order valence-electron chi connectivity index (χ0n) is 40.7. The fraction of sp³-hybridized carbons (Fsp3) is 0.333. The summed E-state index contributed by atoms with van der Waals surface area (Å²) in [4.78, 5) is 53.5. The second kappa shape index (κ2) is 22.1. The molecule has 8 aromatic rings. The van der Waals surface area contributed by atoms with Crippen LogP contribution < -0.4 is 35.3 Å². The number of fused-ring (bicyclic) bond motifs is 10. The van der Waals surface area contributed by atoms with Crippen LogP contribution in [0.2, 0.25) is 0 Å². The Balaban J connectivity index is 1.18. The summed E-state index contributed by atoms with van der Waals surface area (Å²) in [7, 11) is 0. The molecule has 2 amide bonds. The lowest BCUT2D eigenvalue weighted by atomic mass is 9.90. The van der Waals surface area contributed by atoms with Crippen molar-refractivity contribution < 1.29 is 28.5 Å². The van der Waals surface area contributed by atoms with Crippen molar-refractivity contribution in [2.75, 3.05) is 42.8 Å². The van der Waals surface area contributed by atoms with E-state index in [-0.39, 0.29) is 30.7 Å². The summed E-state index contributed by atoms with van der Waals surface area (Å²) in [5, 5.41) is 6.39. The first-order valence-electron chi connectivity index (χ1n) is 24.4. The molecule has 4 heterocycles. The standard InChI is InChI=1S/C54H59N11O6/c1-5-15-68-48-34-11-9-13-36(48)21-40-25-43(63-46(67)29-65-33-61-47-52(55)57-31-59-54(47)65)26-41(51(40)71-18-8-4)22-37-14-10-12-35(49(37)69-16-6-2)20-39-24-42(23-38(19-34)50(39)70-17-7-3)62-45(66)28-64-32-60-44-27-56-30-58-53(44)64/h9-14,23-27,30-33H,5-8,15-22,28-29H2,1-4H3,(H,62,66)(H,63,67)(H2,55,57,59). The Hall–Kier alpha value is -8.08. The second-order valence-electron chi connectivity index (χ2n) is 17.7. The van der Waals surface area contributed by atoms with Gasteiger partial charge in [-0.05, 0) is 72.2 Å². The van der Waals surface area contributed by atoms with Gasteiger partial charge in [-0.3, -0.25) is 9.59 Å². The predicted octanol–water partition coefficient (Wildman–Crippen LogP) is 8.66. The van der Waals surface area contributed by atoms with Crippen molar-refractivity contribution in [2.45, 2.75) is 92.2 Å². The minimum Gasteiger partial charge on any atom is -0.493 e. The summed E-state index contributed by atoms with van der Waals surface area (Å²) in [5.41, 5.74) is 16.8. The lowest BCUT2D eigenvalue weighted by Crippen LogP contribution is -2.19. The lowest BCUT2D eigenvalue weighted by Gasteiger charge is -2.24. The number of rotatable bonds is 18. The van der Waals surface area contributed by atoms with Crippen molar-refractivity contribution in [1.29, 1.82) is 0 Å². The van der Waals surface area contributed by atoms with Gasteiger partial charge in [0.05, 0.1) is 45.3 Å². The van der Waals surface area contributed by atoms with Gasteiger partial charge in [-0.25, -0.2) is 29.9 Å². The Morgan fingerprint density at radius 3 is 1.39 bits per heavy atom. The van der Waals surface area contributed by atoms with Gasteiger partial charge < -0.3 is 44.4 Å². The number of anilines is 3. The molecule has 71 heavy (non-hydrogen) atoms. The van der Waals surface area contributed by atoms with Crippen LogP contribution in [0.5, 0.6) is 23.0 Å². The molecule has 0 saturated carbocycles. The number of hydrogen-bond donors (Lipinski definition) is 3. The molecule has 9 rings (SSSR count). The molecule has 17 nitrogen and oxygen atoms in total. The molecule has 0 radical (unpaired) electrons. The van der Waals surface area contributed by atoms with Crippen LogP contribution in [0.25, 0.3) is 22.3 Å². The molecule has 8 bridgehead atoms. The monoisotopic (exact) mass is 957 g/mol. The number of aromatic nitrogens is 8. The number of ether oxygens (including phenoxy) is 4. The number of carbonyl (C=O) groups is 2. The van der Waals surface area contributed by atoms with E-state index >= 15 is 0 Å². The zero-order chi connectivity index (χ0) is 49.3. The molecule has 366 valence electrons. The highest BCUT2D eigenvalue weighted by molar-refractivity contribution is 5.93. The molecule has 0 saturated heterocycles. The van der Waals surface area contributed by atoms with Crippen LogP contribution in [0, 0.1) is 0 Å². The molecule has 4 aromatic heterocycles. The third kappa shape index (κ3) is 10.9. The van der Waals surface area contributed by atoms with Gasteiger partial charge in [0.2, 0.25) is 11.8 Å². The maximum Gasteiger partial charge on any atom is 0.244 e. The molecule has 1 aliphatic rings. The van der Waals surface area contributed by atoms with Gasteiger partial charge in [0.15, 0.2) is 17.1 Å². The van der Waals surface area contributed by atoms with Crippen LogP contribution in [-0.2, 0) is 48.4 Å². The first-order chi connectivity index (χ1) is 34.7. The predicted molar refractivity (Wildman–Crippen MR) is 272 cm³/mol. The minimum absolute atomic E-state index is 0.00260. The van der Waals surface area contributed by atoms with Crippen LogP contribution in [-0.4, -0.2) is 77.3 Å².